The van der Waals surface area contributed by atoms with Gasteiger partial charge >= 0.3 is 5.69 Å². The van der Waals surface area contributed by atoms with Gasteiger partial charge in [-0.25, -0.2) is 4.39 Å². The number of nitrogens with one attached hydrogen (secondary N) is 1. The van der Waals surface area contributed by atoms with Gasteiger partial charge in [-0.15, -0.1) is 10.2 Å². The first-order valence-electron chi connectivity index (χ1n) is 6.19. The summed E-state index contributed by atoms with van der Waals surface area (Å²) in [6.07, 6.45) is 0.955. The zero-order valence-electron chi connectivity index (χ0n) is 11.1. The fraction of sp³-hybridized carbons (Fsp3) is 0.333. The van der Waals surface area contributed by atoms with Gasteiger partial charge in [-0.3, -0.25) is 10.1 Å². The van der Waals surface area contributed by atoms with E-state index >= 15 is 0 Å². The van der Waals surface area contributed by atoms with Crippen LogP contribution in [-0.4, -0.2) is 21.7 Å². The molecular weight excluding hydrogens is 302 g/mol. The molecule has 0 aliphatic carbocycles. The molecule has 2 rings (SSSR count). The quantitative estimate of drug-likeness (QED) is 0.504. The van der Waals surface area contributed by atoms with E-state index in [1.165, 1.54) is 0 Å². The number of rotatable bonds is 6. The molecule has 21 heavy (non-hydrogen) atoms. The van der Waals surface area contributed by atoms with Crippen molar-refractivity contribution in [1.82, 2.24) is 15.5 Å². The normalized spacial score (nSPS) is 10.8. The highest BCUT2D eigenvalue weighted by molar-refractivity contribution is 7.14. The van der Waals surface area contributed by atoms with Crippen LogP contribution in [0.15, 0.2) is 12.1 Å². The number of nitro benzene ring substituents is 1. The molecule has 0 atom stereocenters. The van der Waals surface area contributed by atoms with Gasteiger partial charge in [-0.05, 0) is 19.0 Å². The van der Waals surface area contributed by atoms with E-state index in [0.29, 0.717) is 17.6 Å². The second-order valence-electron chi connectivity index (χ2n) is 4.22. The zero-order chi connectivity index (χ0) is 15.4. The summed E-state index contributed by atoms with van der Waals surface area (Å²) in [4.78, 5) is 9.73. The zero-order valence-corrected chi connectivity index (χ0v) is 11.9. The lowest BCUT2D eigenvalue weighted by Gasteiger charge is -2.00. The summed E-state index contributed by atoms with van der Waals surface area (Å²) in [5.41, 5.74) is -1.16. The lowest BCUT2D eigenvalue weighted by Crippen LogP contribution is -2.13. The molecule has 1 aromatic carbocycles. The highest BCUT2D eigenvalue weighted by Gasteiger charge is 2.23. The van der Waals surface area contributed by atoms with Crippen LogP contribution in [0, 0.1) is 21.7 Å². The monoisotopic (exact) mass is 314 g/mol. The lowest BCUT2D eigenvalue weighted by molar-refractivity contribution is -0.387. The number of nitro groups is 1. The van der Waals surface area contributed by atoms with Crippen LogP contribution in [0.5, 0.6) is 0 Å². The Morgan fingerprint density at radius 2 is 2.14 bits per heavy atom. The van der Waals surface area contributed by atoms with Gasteiger partial charge in [-0.1, -0.05) is 18.3 Å². The summed E-state index contributed by atoms with van der Waals surface area (Å²) in [6, 6.07) is 1.43. The summed E-state index contributed by atoms with van der Waals surface area (Å²) in [5.74, 6) is -2.00. The Hall–Kier alpha value is -2.00. The molecule has 0 amide bonds. The second-order valence-corrected chi connectivity index (χ2v) is 5.28. The standard InChI is InChI=1S/C12H12F2N4O2S/c1-2-3-15-6-10-16-17-12(21-10)8-4-7(13)5-9(11(8)14)18(19)20/h4-5,15H,2-3,6H2,1H3. The number of halogens is 2. The molecule has 0 unspecified atom stereocenters. The first-order chi connectivity index (χ1) is 10.0. The molecule has 112 valence electrons. The number of benzene rings is 1. The predicted molar refractivity (Wildman–Crippen MR) is 73.9 cm³/mol. The van der Waals surface area contributed by atoms with Gasteiger partial charge < -0.3 is 5.32 Å². The van der Waals surface area contributed by atoms with Crippen LogP contribution in [0.2, 0.25) is 0 Å². The SMILES string of the molecule is CCCNCc1nnc(-c2cc(F)cc([N+](=O)[O-])c2F)s1. The van der Waals surface area contributed by atoms with Crippen LogP contribution in [-0.2, 0) is 6.54 Å². The molecule has 0 saturated carbocycles. The van der Waals surface area contributed by atoms with E-state index in [1.807, 2.05) is 6.92 Å². The van der Waals surface area contributed by atoms with E-state index in [2.05, 4.69) is 15.5 Å². The number of nitrogens with zero attached hydrogens (tertiary/aromatic N) is 3. The molecule has 0 fully saturated rings. The van der Waals surface area contributed by atoms with Crippen molar-refractivity contribution in [3.63, 3.8) is 0 Å². The van der Waals surface area contributed by atoms with Crippen LogP contribution >= 0.6 is 11.3 Å². The minimum atomic E-state index is -1.11. The second kappa shape index (κ2) is 6.64. The van der Waals surface area contributed by atoms with E-state index in [9.17, 15) is 18.9 Å². The van der Waals surface area contributed by atoms with Crippen molar-refractivity contribution < 1.29 is 13.7 Å². The van der Waals surface area contributed by atoms with Crippen LogP contribution in [0.4, 0.5) is 14.5 Å². The van der Waals surface area contributed by atoms with Gasteiger partial charge in [0.05, 0.1) is 16.6 Å². The Bertz CT molecular complexity index is 663. The van der Waals surface area contributed by atoms with Crippen molar-refractivity contribution in [2.45, 2.75) is 19.9 Å². The molecule has 6 nitrogen and oxygen atoms in total. The van der Waals surface area contributed by atoms with E-state index in [0.717, 1.165) is 30.4 Å². The molecule has 2 aromatic rings. The molecule has 1 N–H and O–H groups in total. The Kier molecular flexibility index (Phi) is 4.86. The van der Waals surface area contributed by atoms with Gasteiger partial charge in [0.1, 0.15) is 10.8 Å². The van der Waals surface area contributed by atoms with Crippen molar-refractivity contribution in [3.8, 4) is 10.6 Å². The maximum atomic E-state index is 14.0. The van der Waals surface area contributed by atoms with Crippen LogP contribution < -0.4 is 5.32 Å². The predicted octanol–water partition coefficient (Wildman–Crippen LogP) is 2.89. The Labute approximate surface area is 123 Å². The molecule has 0 spiro atoms. The smallest absolute Gasteiger partial charge is 0.308 e. The minimum absolute atomic E-state index is 0.114. The molecule has 9 heteroatoms. The molecule has 0 aliphatic rings. The highest BCUT2D eigenvalue weighted by atomic mass is 32.1. The first-order valence-corrected chi connectivity index (χ1v) is 7.01. The van der Waals surface area contributed by atoms with Crippen molar-refractivity contribution >= 4 is 17.0 Å². The molecule has 1 heterocycles. The van der Waals surface area contributed by atoms with Crippen molar-refractivity contribution in [2.24, 2.45) is 0 Å². The summed E-state index contributed by atoms with van der Waals surface area (Å²) in [6.45, 7) is 3.28. The third-order valence-electron chi connectivity index (χ3n) is 2.62. The number of hydrogen-bond donors (Lipinski definition) is 1. The summed E-state index contributed by atoms with van der Waals surface area (Å²) < 4.78 is 27.4. The van der Waals surface area contributed by atoms with E-state index in [4.69, 9.17) is 0 Å². The van der Waals surface area contributed by atoms with Crippen molar-refractivity contribution in [3.05, 3.63) is 38.9 Å². The maximum Gasteiger partial charge on any atom is 0.308 e. The molecule has 0 saturated heterocycles. The molecule has 0 bridgehead atoms. The minimum Gasteiger partial charge on any atom is -0.310 e. The van der Waals surface area contributed by atoms with Crippen LogP contribution in [0.3, 0.4) is 0 Å². The number of aromatic nitrogens is 2. The van der Waals surface area contributed by atoms with E-state index < -0.39 is 22.2 Å². The maximum absolute atomic E-state index is 14.0. The van der Waals surface area contributed by atoms with Gasteiger partial charge in [0.25, 0.3) is 0 Å². The topological polar surface area (TPSA) is 81.0 Å². The van der Waals surface area contributed by atoms with E-state index in [-0.39, 0.29) is 10.6 Å². The fourth-order valence-corrected chi connectivity index (χ4v) is 2.49. The van der Waals surface area contributed by atoms with Gasteiger partial charge in [-0.2, -0.15) is 4.39 Å². The van der Waals surface area contributed by atoms with Gasteiger partial charge in [0, 0.05) is 6.54 Å². The lowest BCUT2D eigenvalue weighted by atomic mass is 10.2. The van der Waals surface area contributed by atoms with Gasteiger partial charge in [0.2, 0.25) is 5.82 Å². The third-order valence-corrected chi connectivity index (χ3v) is 3.57. The van der Waals surface area contributed by atoms with Gasteiger partial charge in [0.15, 0.2) is 5.01 Å². The average Bonchev–Trinajstić information content (AvgIpc) is 2.89. The first kappa shape index (κ1) is 15.4. The number of hydrogen-bond acceptors (Lipinski definition) is 6. The summed E-state index contributed by atoms with van der Waals surface area (Å²) in [5, 5.41) is 22.1. The Morgan fingerprint density at radius 3 is 2.81 bits per heavy atom. The molecule has 1 aromatic heterocycles. The van der Waals surface area contributed by atoms with Crippen molar-refractivity contribution in [2.75, 3.05) is 6.54 Å². The molecular formula is C12H12F2N4O2S. The van der Waals surface area contributed by atoms with E-state index in [1.54, 1.807) is 0 Å². The third kappa shape index (κ3) is 3.56. The van der Waals surface area contributed by atoms with Crippen LogP contribution in [0.1, 0.15) is 18.4 Å². The summed E-state index contributed by atoms with van der Waals surface area (Å²) in [7, 11) is 0. The van der Waals surface area contributed by atoms with Crippen molar-refractivity contribution in [1.29, 1.82) is 0 Å². The molecule has 0 radical (unpaired) electrons. The highest BCUT2D eigenvalue weighted by Crippen LogP contribution is 2.32. The Balaban J connectivity index is 2.32. The Morgan fingerprint density at radius 1 is 1.38 bits per heavy atom. The fourth-order valence-electron chi connectivity index (χ4n) is 1.67. The largest absolute Gasteiger partial charge is 0.310 e. The average molecular weight is 314 g/mol. The van der Waals surface area contributed by atoms with Crippen LogP contribution in [0.25, 0.3) is 10.6 Å². The summed E-state index contributed by atoms with van der Waals surface area (Å²) >= 11 is 1.07. The molecule has 0 aliphatic heterocycles.